The molecule has 2 rings (SSSR count). The lowest BCUT2D eigenvalue weighted by Crippen LogP contribution is -2.27. The summed E-state index contributed by atoms with van der Waals surface area (Å²) in [5.74, 6) is 0.412. The number of amides is 1. The van der Waals surface area contributed by atoms with Crippen molar-refractivity contribution in [1.82, 2.24) is 4.98 Å². The van der Waals surface area contributed by atoms with Gasteiger partial charge in [0.05, 0.1) is 4.88 Å². The van der Waals surface area contributed by atoms with Crippen molar-refractivity contribution in [2.75, 3.05) is 5.32 Å². The first-order valence-electron chi connectivity index (χ1n) is 6.85. The molecule has 116 valence electrons. The minimum absolute atomic E-state index is 0.0458. The van der Waals surface area contributed by atoms with Crippen LogP contribution in [-0.4, -0.2) is 22.5 Å². The Morgan fingerprint density at radius 2 is 2.09 bits per heavy atom. The highest BCUT2D eigenvalue weighted by Crippen LogP contribution is 2.15. The van der Waals surface area contributed by atoms with Crippen molar-refractivity contribution in [2.45, 2.75) is 32.8 Å². The number of hydrogen-bond donors (Lipinski definition) is 1. The summed E-state index contributed by atoms with van der Waals surface area (Å²) in [7, 11) is 0. The number of nitrogens with one attached hydrogen (secondary N) is 1. The fraction of sp³-hybridized carbons (Fsp3) is 0.312. The van der Waals surface area contributed by atoms with Gasteiger partial charge in [0.2, 0.25) is 0 Å². The van der Waals surface area contributed by atoms with Gasteiger partial charge in [0.1, 0.15) is 11.4 Å². The molecular weight excluding hydrogens is 300 g/mol. The zero-order valence-electron chi connectivity index (χ0n) is 12.8. The normalized spacial score (nSPS) is 11.0. The van der Waals surface area contributed by atoms with Crippen LogP contribution in [-0.2, 0) is 11.2 Å². The van der Waals surface area contributed by atoms with Gasteiger partial charge in [0.25, 0.3) is 0 Å². The Morgan fingerprint density at radius 1 is 1.32 bits per heavy atom. The van der Waals surface area contributed by atoms with E-state index in [0.29, 0.717) is 5.82 Å². The van der Waals surface area contributed by atoms with E-state index in [1.54, 1.807) is 45.2 Å². The Bertz CT molecular complexity index is 660. The van der Waals surface area contributed by atoms with Gasteiger partial charge in [0.15, 0.2) is 5.78 Å². The Hall–Kier alpha value is -2.21. The second-order valence-corrected chi connectivity index (χ2v) is 6.70. The minimum atomic E-state index is -0.573. The summed E-state index contributed by atoms with van der Waals surface area (Å²) in [4.78, 5) is 28.6. The monoisotopic (exact) mass is 318 g/mol. The molecule has 0 saturated heterocycles. The smallest absolute Gasteiger partial charge is 0.413 e. The number of ether oxygens (including phenoxy) is 1. The van der Waals surface area contributed by atoms with Crippen LogP contribution < -0.4 is 5.32 Å². The van der Waals surface area contributed by atoms with Gasteiger partial charge in [-0.05, 0) is 49.9 Å². The fourth-order valence-corrected chi connectivity index (χ4v) is 2.44. The Kier molecular flexibility index (Phi) is 4.92. The lowest BCUT2D eigenvalue weighted by molar-refractivity contribution is 0.0635. The molecule has 0 radical (unpaired) electrons. The van der Waals surface area contributed by atoms with E-state index < -0.39 is 11.7 Å². The van der Waals surface area contributed by atoms with Crippen molar-refractivity contribution in [3.05, 3.63) is 46.3 Å². The van der Waals surface area contributed by atoms with Crippen LogP contribution in [0, 0.1) is 0 Å². The van der Waals surface area contributed by atoms with E-state index >= 15 is 0 Å². The Balaban J connectivity index is 2.01. The lowest BCUT2D eigenvalue weighted by Gasteiger charge is -2.19. The van der Waals surface area contributed by atoms with Gasteiger partial charge in [-0.2, -0.15) is 0 Å². The molecule has 2 aromatic rings. The molecule has 0 unspecified atom stereocenters. The number of pyridine rings is 1. The molecule has 0 atom stereocenters. The average molecular weight is 318 g/mol. The number of carbonyl (C=O) groups excluding carboxylic acids is 2. The third-order valence-corrected chi connectivity index (χ3v) is 3.52. The van der Waals surface area contributed by atoms with Gasteiger partial charge in [-0.15, -0.1) is 11.3 Å². The number of ketones is 1. The van der Waals surface area contributed by atoms with E-state index in [2.05, 4.69) is 10.3 Å². The number of carbonyl (C=O) groups is 2. The molecule has 5 nitrogen and oxygen atoms in total. The minimum Gasteiger partial charge on any atom is -0.444 e. The number of aromatic nitrogens is 1. The third-order valence-electron chi connectivity index (χ3n) is 2.61. The largest absolute Gasteiger partial charge is 0.444 e. The molecule has 6 heteroatoms. The molecular formula is C16H18N2O3S. The van der Waals surface area contributed by atoms with Crippen LogP contribution in [0.15, 0.2) is 35.8 Å². The average Bonchev–Trinajstić information content (AvgIpc) is 2.90. The molecule has 0 aliphatic heterocycles. The SMILES string of the molecule is CC(C)(C)OC(=O)Nc1cc(CC(=O)c2cccs2)ccn1. The lowest BCUT2D eigenvalue weighted by atomic mass is 10.1. The van der Waals surface area contributed by atoms with Crippen LogP contribution in [0.25, 0.3) is 0 Å². The topological polar surface area (TPSA) is 68.3 Å². The number of nitrogens with zero attached hydrogens (tertiary/aromatic N) is 1. The summed E-state index contributed by atoms with van der Waals surface area (Å²) in [5.41, 5.74) is 0.219. The van der Waals surface area contributed by atoms with Crippen molar-refractivity contribution >= 4 is 29.0 Å². The van der Waals surface area contributed by atoms with Gasteiger partial charge in [-0.1, -0.05) is 6.07 Å². The highest BCUT2D eigenvalue weighted by atomic mass is 32.1. The predicted molar refractivity (Wildman–Crippen MR) is 86.4 cm³/mol. The molecule has 0 aromatic carbocycles. The predicted octanol–water partition coefficient (Wildman–Crippen LogP) is 3.92. The second-order valence-electron chi connectivity index (χ2n) is 5.75. The molecule has 0 saturated carbocycles. The zero-order chi connectivity index (χ0) is 16.2. The van der Waals surface area contributed by atoms with E-state index in [4.69, 9.17) is 4.74 Å². The van der Waals surface area contributed by atoms with Crippen LogP contribution in [0.5, 0.6) is 0 Å². The van der Waals surface area contributed by atoms with Crippen LogP contribution in [0.1, 0.15) is 36.0 Å². The molecule has 0 aliphatic rings. The maximum atomic E-state index is 12.1. The Labute approximate surface area is 133 Å². The van der Waals surface area contributed by atoms with E-state index in [0.717, 1.165) is 10.4 Å². The number of anilines is 1. The van der Waals surface area contributed by atoms with E-state index in [1.807, 2.05) is 11.4 Å². The number of rotatable bonds is 4. The number of hydrogen-bond acceptors (Lipinski definition) is 5. The summed E-state index contributed by atoms with van der Waals surface area (Å²) in [6, 6.07) is 7.08. The molecule has 22 heavy (non-hydrogen) atoms. The molecule has 0 spiro atoms. The van der Waals surface area contributed by atoms with Gasteiger partial charge in [-0.3, -0.25) is 10.1 Å². The summed E-state index contributed by atoms with van der Waals surface area (Å²) >= 11 is 1.42. The van der Waals surface area contributed by atoms with Crippen molar-refractivity contribution in [3.63, 3.8) is 0 Å². The number of Topliss-reactive ketones (excluding diaryl/α,β-unsaturated/α-hetero) is 1. The molecule has 2 heterocycles. The van der Waals surface area contributed by atoms with Crippen molar-refractivity contribution in [3.8, 4) is 0 Å². The van der Waals surface area contributed by atoms with Crippen molar-refractivity contribution in [2.24, 2.45) is 0 Å². The molecule has 2 aromatic heterocycles. The van der Waals surface area contributed by atoms with Gasteiger partial charge in [-0.25, -0.2) is 9.78 Å². The van der Waals surface area contributed by atoms with Gasteiger partial charge < -0.3 is 4.74 Å². The quantitative estimate of drug-likeness (QED) is 0.868. The summed E-state index contributed by atoms with van der Waals surface area (Å²) < 4.78 is 5.17. The highest BCUT2D eigenvalue weighted by Gasteiger charge is 2.17. The van der Waals surface area contributed by atoms with Crippen molar-refractivity contribution in [1.29, 1.82) is 0 Å². The van der Waals surface area contributed by atoms with Gasteiger partial charge >= 0.3 is 6.09 Å². The molecule has 0 aliphatic carbocycles. The highest BCUT2D eigenvalue weighted by molar-refractivity contribution is 7.12. The Morgan fingerprint density at radius 3 is 2.73 bits per heavy atom. The number of thiophene rings is 1. The van der Waals surface area contributed by atoms with Crippen LogP contribution in [0.3, 0.4) is 0 Å². The van der Waals surface area contributed by atoms with E-state index in [1.165, 1.54) is 11.3 Å². The molecule has 0 bridgehead atoms. The van der Waals surface area contributed by atoms with Crippen LogP contribution in [0.4, 0.5) is 10.6 Å². The van der Waals surface area contributed by atoms with Crippen LogP contribution in [0.2, 0.25) is 0 Å². The standard InChI is InChI=1S/C16H18N2O3S/c1-16(2,3)21-15(20)18-14-10-11(6-7-17-14)9-12(19)13-5-4-8-22-13/h4-8,10H,9H2,1-3H3,(H,17,18,20). The summed E-state index contributed by atoms with van der Waals surface area (Å²) in [6.45, 7) is 5.36. The fourth-order valence-electron chi connectivity index (χ4n) is 1.77. The molecule has 0 fully saturated rings. The second kappa shape index (κ2) is 6.70. The molecule has 1 N–H and O–H groups in total. The van der Waals surface area contributed by atoms with Gasteiger partial charge in [0, 0.05) is 12.6 Å². The summed E-state index contributed by atoms with van der Waals surface area (Å²) in [5, 5.41) is 4.44. The van der Waals surface area contributed by atoms with E-state index in [-0.39, 0.29) is 12.2 Å². The molecule has 1 amide bonds. The first kappa shape index (κ1) is 16.2. The van der Waals surface area contributed by atoms with E-state index in [9.17, 15) is 9.59 Å². The first-order chi connectivity index (χ1) is 10.3. The maximum Gasteiger partial charge on any atom is 0.413 e. The maximum absolute atomic E-state index is 12.1. The zero-order valence-corrected chi connectivity index (χ0v) is 13.6. The van der Waals surface area contributed by atoms with Crippen LogP contribution >= 0.6 is 11.3 Å². The van der Waals surface area contributed by atoms with Crippen molar-refractivity contribution < 1.29 is 14.3 Å². The summed E-state index contributed by atoms with van der Waals surface area (Å²) in [6.07, 6.45) is 1.26. The first-order valence-corrected chi connectivity index (χ1v) is 7.73. The third kappa shape index (κ3) is 4.96.